The van der Waals surface area contributed by atoms with Crippen LogP contribution >= 0.6 is 0 Å². The quantitative estimate of drug-likeness (QED) is 0.411. The van der Waals surface area contributed by atoms with Crippen molar-refractivity contribution in [2.24, 2.45) is 0 Å². The van der Waals surface area contributed by atoms with Gasteiger partial charge in [-0.2, -0.15) is 5.26 Å². The molecule has 120 valence electrons. The molecule has 7 nitrogen and oxygen atoms in total. The second kappa shape index (κ2) is 8.92. The normalized spacial score (nSPS) is 11.7. The Hall–Kier alpha value is -2.24. The minimum absolute atomic E-state index is 0.0904. The Morgan fingerprint density at radius 2 is 2.32 bits per heavy atom. The van der Waals surface area contributed by atoms with Gasteiger partial charge in [0.25, 0.3) is 5.69 Å². The second-order valence-corrected chi connectivity index (χ2v) is 4.67. The Bertz CT molecular complexity index is 560. The van der Waals surface area contributed by atoms with Gasteiger partial charge in [-0.3, -0.25) is 10.1 Å². The largest absolute Gasteiger partial charge is 0.394 e. The van der Waals surface area contributed by atoms with Gasteiger partial charge < -0.3 is 15.2 Å². The van der Waals surface area contributed by atoms with E-state index in [2.05, 4.69) is 5.32 Å². The van der Waals surface area contributed by atoms with Crippen LogP contribution in [0.1, 0.15) is 25.3 Å². The molecule has 0 amide bonds. The van der Waals surface area contributed by atoms with Crippen molar-refractivity contribution >= 4 is 11.4 Å². The number of ether oxygens (including phenoxy) is 1. The third-order valence-electron chi connectivity index (χ3n) is 2.93. The number of aliphatic hydroxyl groups excluding tert-OH is 1. The number of nitrogens with zero attached hydrogens (tertiary/aromatic N) is 2. The number of nitrogens with one attached hydrogen (secondary N) is 1. The maximum atomic E-state index is 14.0. The molecular formula is C14H18FN3O4. The lowest BCUT2D eigenvalue weighted by atomic mass is 10.1. The molecule has 0 fully saturated rings. The summed E-state index contributed by atoms with van der Waals surface area (Å²) in [6, 6.07) is 2.87. The molecule has 22 heavy (non-hydrogen) atoms. The second-order valence-electron chi connectivity index (χ2n) is 4.67. The number of unbranched alkanes of at least 4 members (excludes halogenated alkanes) is 1. The highest BCUT2D eigenvalue weighted by Crippen LogP contribution is 2.29. The third kappa shape index (κ3) is 4.95. The third-order valence-corrected chi connectivity index (χ3v) is 2.93. The minimum Gasteiger partial charge on any atom is -0.394 e. The lowest BCUT2D eigenvalue weighted by Crippen LogP contribution is -2.30. The number of anilines is 1. The highest BCUT2D eigenvalue weighted by atomic mass is 19.1. The molecule has 1 aromatic carbocycles. The monoisotopic (exact) mass is 311 g/mol. The first-order valence-electron chi connectivity index (χ1n) is 6.86. The minimum atomic E-state index is -0.919. The standard InChI is InChI=1S/C14H18FN3O4/c1-2-3-4-22-9-11(8-19)17-14-12(15)5-10(7-16)6-13(14)18(20)21/h5-6,11,17,19H,2-4,8-9H2,1H3/t11-/m1/s1. The maximum absolute atomic E-state index is 14.0. The number of benzene rings is 1. The number of aliphatic hydroxyl groups is 1. The lowest BCUT2D eigenvalue weighted by Gasteiger charge is -2.18. The smallest absolute Gasteiger partial charge is 0.296 e. The summed E-state index contributed by atoms with van der Waals surface area (Å²) in [6.45, 7) is 2.21. The van der Waals surface area contributed by atoms with E-state index < -0.39 is 22.5 Å². The molecule has 0 bridgehead atoms. The molecule has 0 aliphatic heterocycles. The zero-order valence-electron chi connectivity index (χ0n) is 12.2. The fourth-order valence-electron chi connectivity index (χ4n) is 1.76. The van der Waals surface area contributed by atoms with E-state index in [1.54, 1.807) is 6.07 Å². The van der Waals surface area contributed by atoms with E-state index in [9.17, 15) is 19.6 Å². The number of nitriles is 1. The van der Waals surface area contributed by atoms with Crippen LogP contribution in [0.25, 0.3) is 0 Å². The summed E-state index contributed by atoms with van der Waals surface area (Å²) in [5, 5.41) is 31.6. The molecule has 0 heterocycles. The number of hydrogen-bond donors (Lipinski definition) is 2. The number of halogens is 1. The van der Waals surface area contributed by atoms with Crippen molar-refractivity contribution in [3.63, 3.8) is 0 Å². The van der Waals surface area contributed by atoms with Gasteiger partial charge in [-0.05, 0) is 12.5 Å². The molecule has 1 aromatic rings. The first kappa shape index (κ1) is 17.8. The molecule has 8 heteroatoms. The molecular weight excluding hydrogens is 293 g/mol. The van der Waals surface area contributed by atoms with E-state index in [0.717, 1.165) is 25.0 Å². The van der Waals surface area contributed by atoms with Gasteiger partial charge >= 0.3 is 0 Å². The van der Waals surface area contributed by atoms with Crippen LogP contribution < -0.4 is 5.32 Å². The van der Waals surface area contributed by atoms with Crippen molar-refractivity contribution in [3.05, 3.63) is 33.6 Å². The van der Waals surface area contributed by atoms with Crippen LogP contribution in [0.2, 0.25) is 0 Å². The van der Waals surface area contributed by atoms with Gasteiger partial charge in [0.05, 0.1) is 35.8 Å². The summed E-state index contributed by atoms with van der Waals surface area (Å²) >= 11 is 0. The van der Waals surface area contributed by atoms with Crippen molar-refractivity contribution in [1.82, 2.24) is 0 Å². The first-order valence-corrected chi connectivity index (χ1v) is 6.86. The fraction of sp³-hybridized carbons (Fsp3) is 0.500. The Balaban J connectivity index is 2.90. The number of nitro benzene ring substituents is 1. The van der Waals surface area contributed by atoms with E-state index in [0.29, 0.717) is 6.61 Å². The Morgan fingerprint density at radius 1 is 1.59 bits per heavy atom. The topological polar surface area (TPSA) is 108 Å². The van der Waals surface area contributed by atoms with Crippen molar-refractivity contribution < 1.29 is 19.2 Å². The highest BCUT2D eigenvalue weighted by Gasteiger charge is 2.22. The predicted octanol–water partition coefficient (Wildman–Crippen LogP) is 2.20. The number of nitro groups is 1. The molecule has 0 radical (unpaired) electrons. The van der Waals surface area contributed by atoms with Crippen LogP contribution in [0, 0.1) is 27.3 Å². The molecule has 0 spiro atoms. The van der Waals surface area contributed by atoms with Gasteiger partial charge in [-0.15, -0.1) is 0 Å². The maximum Gasteiger partial charge on any atom is 0.296 e. The summed E-state index contributed by atoms with van der Waals surface area (Å²) in [5.41, 5.74) is -1.06. The van der Waals surface area contributed by atoms with Crippen LogP contribution in [-0.2, 0) is 4.74 Å². The van der Waals surface area contributed by atoms with Gasteiger partial charge in [-0.25, -0.2) is 4.39 Å². The van der Waals surface area contributed by atoms with E-state index in [-0.39, 0.29) is 24.5 Å². The summed E-state index contributed by atoms with van der Waals surface area (Å²) in [5.74, 6) is -0.919. The van der Waals surface area contributed by atoms with E-state index in [1.165, 1.54) is 0 Å². The molecule has 0 unspecified atom stereocenters. The Labute approximate surface area is 127 Å². The van der Waals surface area contributed by atoms with Crippen molar-refractivity contribution in [2.45, 2.75) is 25.8 Å². The van der Waals surface area contributed by atoms with E-state index in [1.807, 2.05) is 6.92 Å². The van der Waals surface area contributed by atoms with Crippen molar-refractivity contribution in [2.75, 3.05) is 25.1 Å². The van der Waals surface area contributed by atoms with Crippen molar-refractivity contribution in [1.29, 1.82) is 5.26 Å². The van der Waals surface area contributed by atoms with Crippen LogP contribution in [0.4, 0.5) is 15.8 Å². The number of rotatable bonds is 9. The summed E-state index contributed by atoms with van der Waals surface area (Å²) in [4.78, 5) is 10.2. The average Bonchev–Trinajstić information content (AvgIpc) is 2.51. The van der Waals surface area contributed by atoms with Crippen LogP contribution in [0.5, 0.6) is 0 Å². The molecule has 2 N–H and O–H groups in total. The molecule has 0 aromatic heterocycles. The first-order chi connectivity index (χ1) is 10.5. The zero-order valence-corrected chi connectivity index (χ0v) is 12.2. The average molecular weight is 311 g/mol. The Kier molecular flexibility index (Phi) is 7.22. The molecule has 0 saturated carbocycles. The molecule has 0 aliphatic carbocycles. The summed E-state index contributed by atoms with van der Waals surface area (Å²) in [7, 11) is 0. The van der Waals surface area contributed by atoms with Gasteiger partial charge in [0.1, 0.15) is 5.69 Å². The van der Waals surface area contributed by atoms with Crippen LogP contribution in [-0.4, -0.2) is 35.9 Å². The van der Waals surface area contributed by atoms with Crippen LogP contribution in [0.3, 0.4) is 0 Å². The van der Waals surface area contributed by atoms with Gasteiger partial charge in [-0.1, -0.05) is 13.3 Å². The highest BCUT2D eigenvalue weighted by molar-refractivity contribution is 5.65. The van der Waals surface area contributed by atoms with Gasteiger partial charge in [0, 0.05) is 12.7 Å². The van der Waals surface area contributed by atoms with E-state index >= 15 is 0 Å². The lowest BCUT2D eigenvalue weighted by molar-refractivity contribution is -0.384. The molecule has 0 saturated heterocycles. The van der Waals surface area contributed by atoms with E-state index in [4.69, 9.17) is 10.00 Å². The Morgan fingerprint density at radius 3 is 2.86 bits per heavy atom. The van der Waals surface area contributed by atoms with Gasteiger partial charge in [0.2, 0.25) is 0 Å². The van der Waals surface area contributed by atoms with Crippen LogP contribution in [0.15, 0.2) is 12.1 Å². The molecule has 1 atom stereocenters. The molecule has 1 rings (SSSR count). The fourth-order valence-corrected chi connectivity index (χ4v) is 1.76. The van der Waals surface area contributed by atoms with Gasteiger partial charge in [0.15, 0.2) is 5.82 Å². The predicted molar refractivity (Wildman–Crippen MR) is 78.0 cm³/mol. The molecule has 0 aliphatic rings. The number of hydrogen-bond acceptors (Lipinski definition) is 6. The van der Waals surface area contributed by atoms with Crippen molar-refractivity contribution in [3.8, 4) is 6.07 Å². The SMILES string of the molecule is CCCCOC[C@@H](CO)Nc1c(F)cc(C#N)cc1[N+](=O)[O-]. The zero-order chi connectivity index (χ0) is 16.5. The summed E-state index contributed by atoms with van der Waals surface area (Å²) < 4.78 is 19.3. The summed E-state index contributed by atoms with van der Waals surface area (Å²) in [6.07, 6.45) is 1.80.